The zero-order chi connectivity index (χ0) is 31.0. The number of cyclic esters (lactones) is 1. The zero-order valence-corrected chi connectivity index (χ0v) is 26.7. The van der Waals surface area contributed by atoms with Crippen molar-refractivity contribution in [1.82, 2.24) is 0 Å². The van der Waals surface area contributed by atoms with E-state index in [4.69, 9.17) is 34.2 Å². The van der Waals surface area contributed by atoms with Crippen molar-refractivity contribution in [2.75, 3.05) is 21.3 Å². The maximum absolute atomic E-state index is 13.8. The van der Waals surface area contributed by atoms with Crippen LogP contribution in [-0.4, -0.2) is 93.2 Å². The lowest BCUT2D eigenvalue weighted by atomic mass is 9.62. The van der Waals surface area contributed by atoms with Gasteiger partial charge in [-0.3, -0.25) is 9.59 Å². The topological polar surface area (TPSA) is 136 Å². The van der Waals surface area contributed by atoms with E-state index >= 15 is 0 Å². The van der Waals surface area contributed by atoms with E-state index in [0.29, 0.717) is 18.4 Å². The molecule has 0 amide bonds. The maximum atomic E-state index is 13.8. The van der Waals surface area contributed by atoms with Gasteiger partial charge in [0.05, 0.1) is 24.7 Å². The molecule has 0 spiro atoms. The van der Waals surface area contributed by atoms with Crippen molar-refractivity contribution in [2.24, 2.45) is 41.2 Å². The minimum atomic E-state index is -0.769. The Bertz CT molecular complexity index is 1020. The Morgan fingerprint density at radius 2 is 1.65 bits per heavy atom. The molecule has 3 N–H and O–H groups in total. The van der Waals surface area contributed by atoms with Gasteiger partial charge in [0, 0.05) is 39.2 Å². The summed E-state index contributed by atoms with van der Waals surface area (Å²) in [6.45, 7) is 5.97. The first-order valence-electron chi connectivity index (χ1n) is 16.4. The van der Waals surface area contributed by atoms with E-state index in [-0.39, 0.29) is 84.2 Å². The van der Waals surface area contributed by atoms with Gasteiger partial charge in [0.2, 0.25) is 0 Å². The van der Waals surface area contributed by atoms with Crippen LogP contribution in [0.1, 0.15) is 72.1 Å². The Morgan fingerprint density at radius 3 is 2.33 bits per heavy atom. The minimum Gasteiger partial charge on any atom is -0.462 e. The van der Waals surface area contributed by atoms with Crippen LogP contribution in [0, 0.1) is 35.5 Å². The van der Waals surface area contributed by atoms with E-state index in [1.54, 1.807) is 21.3 Å². The van der Waals surface area contributed by atoms with Crippen LogP contribution in [0.4, 0.5) is 0 Å². The summed E-state index contributed by atoms with van der Waals surface area (Å²) in [5.41, 5.74) is 7.52. The molecule has 43 heavy (non-hydrogen) atoms. The van der Waals surface area contributed by atoms with Crippen LogP contribution in [0.15, 0.2) is 11.6 Å². The molecule has 0 bridgehead atoms. The molecule has 244 valence electrons. The van der Waals surface area contributed by atoms with Crippen LogP contribution in [-0.2, 0) is 38.0 Å². The third-order valence-corrected chi connectivity index (χ3v) is 11.2. The van der Waals surface area contributed by atoms with Gasteiger partial charge >= 0.3 is 5.97 Å². The molecule has 5 aliphatic rings. The van der Waals surface area contributed by atoms with Crippen molar-refractivity contribution in [3.63, 3.8) is 0 Å². The molecule has 0 radical (unpaired) electrons. The summed E-state index contributed by atoms with van der Waals surface area (Å²) in [6.07, 6.45) is 4.63. The average Bonchev–Trinajstić information content (AvgIpc) is 3.57. The van der Waals surface area contributed by atoms with Gasteiger partial charge in [-0.05, 0) is 74.7 Å². The van der Waals surface area contributed by atoms with Gasteiger partial charge in [0.25, 0.3) is 0 Å². The average molecular weight is 608 g/mol. The molecule has 10 heteroatoms. The van der Waals surface area contributed by atoms with Gasteiger partial charge in [0.1, 0.15) is 24.4 Å². The molecule has 2 saturated heterocycles. The van der Waals surface area contributed by atoms with Crippen LogP contribution < -0.4 is 5.73 Å². The highest BCUT2D eigenvalue weighted by Crippen LogP contribution is 2.56. The van der Waals surface area contributed by atoms with E-state index in [1.807, 2.05) is 20.8 Å². The highest BCUT2D eigenvalue weighted by molar-refractivity contribution is 5.98. The summed E-state index contributed by atoms with van der Waals surface area (Å²) in [7, 11) is 4.87. The van der Waals surface area contributed by atoms with Crippen LogP contribution in [0.25, 0.3) is 0 Å². The fourth-order valence-corrected chi connectivity index (χ4v) is 8.99. The predicted molar refractivity (Wildman–Crippen MR) is 158 cm³/mol. The van der Waals surface area contributed by atoms with Gasteiger partial charge in [0.15, 0.2) is 12.1 Å². The van der Waals surface area contributed by atoms with Gasteiger partial charge in [-0.25, -0.2) is 0 Å². The number of ketones is 1. The Balaban J connectivity index is 1.38. The molecule has 2 heterocycles. The smallest absolute Gasteiger partial charge is 0.306 e. The predicted octanol–water partition coefficient (Wildman–Crippen LogP) is 3.17. The number of carbonyl (C=O) groups is 2. The maximum Gasteiger partial charge on any atom is 0.306 e. The summed E-state index contributed by atoms with van der Waals surface area (Å²) < 4.78 is 35.9. The number of rotatable bonds is 6. The molecular formula is C33H53NO9. The number of hydrogen-bond acceptors (Lipinski definition) is 10. The monoisotopic (exact) mass is 607 g/mol. The van der Waals surface area contributed by atoms with E-state index in [9.17, 15) is 14.7 Å². The third-order valence-electron chi connectivity index (χ3n) is 11.2. The number of aliphatic hydroxyl groups excluding tert-OH is 1. The number of ether oxygens (including phenoxy) is 6. The second-order valence-corrected chi connectivity index (χ2v) is 13.6. The molecule has 10 nitrogen and oxygen atoms in total. The summed E-state index contributed by atoms with van der Waals surface area (Å²) in [6, 6.07) is -0.562. The fourth-order valence-electron chi connectivity index (χ4n) is 8.99. The lowest BCUT2D eigenvalue weighted by molar-refractivity contribution is -0.314. The van der Waals surface area contributed by atoms with Crippen molar-refractivity contribution < 1.29 is 43.1 Å². The molecule has 3 aliphatic carbocycles. The number of fused-ring (bicyclic) bond motifs is 5. The number of Topliss-reactive ketones (excluding diaryl/α,β-unsaturated/α-hetero) is 1. The van der Waals surface area contributed by atoms with Gasteiger partial charge < -0.3 is 39.3 Å². The molecule has 15 atom stereocenters. The first-order chi connectivity index (χ1) is 20.6. The molecule has 0 aromatic heterocycles. The molecular weight excluding hydrogens is 554 g/mol. The van der Waals surface area contributed by atoms with E-state index in [0.717, 1.165) is 32.1 Å². The number of aliphatic hydroxyl groups is 1. The molecule has 0 aromatic rings. The van der Waals surface area contributed by atoms with Crippen LogP contribution in [0.5, 0.6) is 0 Å². The Kier molecular flexibility index (Phi) is 10.7. The summed E-state index contributed by atoms with van der Waals surface area (Å²) in [4.78, 5) is 27.0. The number of allylic oxidation sites excluding steroid dienone is 2. The normalized spacial score (nSPS) is 47.4. The molecule has 3 unspecified atom stereocenters. The quantitative estimate of drug-likeness (QED) is 0.434. The van der Waals surface area contributed by atoms with Crippen molar-refractivity contribution in [3.05, 3.63) is 11.6 Å². The highest BCUT2D eigenvalue weighted by Gasteiger charge is 2.58. The number of nitrogens with two attached hydrogens (primary N) is 1. The Hall–Kier alpha value is -1.40. The fraction of sp³-hybridized carbons (Fsp3) is 0.879. The molecule has 5 rings (SSSR count). The summed E-state index contributed by atoms with van der Waals surface area (Å²) in [5.74, 6) is -0.917. The lowest BCUT2D eigenvalue weighted by Gasteiger charge is -2.45. The van der Waals surface area contributed by atoms with E-state index in [1.165, 1.54) is 0 Å². The van der Waals surface area contributed by atoms with Crippen LogP contribution in [0.3, 0.4) is 0 Å². The summed E-state index contributed by atoms with van der Waals surface area (Å²) >= 11 is 0. The molecule has 4 fully saturated rings. The number of carbonyl (C=O) groups excluding carboxylic acids is 2. The zero-order valence-electron chi connectivity index (χ0n) is 26.7. The minimum absolute atomic E-state index is 0.0259. The Morgan fingerprint density at radius 1 is 0.977 bits per heavy atom. The number of methoxy groups -OCH3 is 3. The van der Waals surface area contributed by atoms with E-state index < -0.39 is 24.5 Å². The first-order valence-corrected chi connectivity index (χ1v) is 16.4. The molecule has 0 aromatic carbocycles. The SMILES string of the molecule is CC[C@H]1CCCC[C@@H](C)C(=O)C2=C[C@H]3[C@@H]4C[C@H](O[C@@H]5OC(C)[C@H](OC)C(OC)C5OC)C[C@H]4[C@@H](O)[C@H](N)[C@H]3[C@@H]2CC(=O)O1. The molecule has 2 aliphatic heterocycles. The highest BCUT2D eigenvalue weighted by atomic mass is 16.7. The van der Waals surface area contributed by atoms with Crippen molar-refractivity contribution in [3.8, 4) is 0 Å². The van der Waals surface area contributed by atoms with Crippen molar-refractivity contribution in [2.45, 2.75) is 127 Å². The van der Waals surface area contributed by atoms with Crippen molar-refractivity contribution >= 4 is 11.8 Å². The van der Waals surface area contributed by atoms with Crippen LogP contribution in [0.2, 0.25) is 0 Å². The molecule has 2 saturated carbocycles. The standard InChI is InChI=1S/C33H53NO9/c1-7-18-11-9-8-10-16(2)28(36)24-14-21-20-12-19(43-33-32(40-6)31(39-5)30(38-4)17(3)41-33)13-23(20)29(37)27(34)26(21)22(24)15-25(35)42-18/h14,16-23,26-27,29-33,37H,7-13,15,34H2,1-6H3/t16-,17?,18+,19+,20+,21+,22-,23-,26-,27-,29-,30+,31?,32?,33+/m1/s1. The first kappa shape index (κ1) is 33.0. The van der Waals surface area contributed by atoms with Gasteiger partial charge in [-0.15, -0.1) is 0 Å². The van der Waals surface area contributed by atoms with E-state index in [2.05, 4.69) is 6.08 Å². The third kappa shape index (κ3) is 6.35. The second kappa shape index (κ2) is 13.9. The van der Waals surface area contributed by atoms with Crippen molar-refractivity contribution in [1.29, 1.82) is 0 Å². The summed E-state index contributed by atoms with van der Waals surface area (Å²) in [5, 5.41) is 11.6. The Labute approximate surface area is 256 Å². The van der Waals surface area contributed by atoms with Gasteiger partial charge in [-0.2, -0.15) is 0 Å². The number of esters is 1. The number of hydrogen-bond donors (Lipinski definition) is 2. The van der Waals surface area contributed by atoms with Crippen LogP contribution >= 0.6 is 0 Å². The second-order valence-electron chi connectivity index (χ2n) is 13.6. The lowest BCUT2D eigenvalue weighted by Crippen LogP contribution is -2.59. The largest absolute Gasteiger partial charge is 0.462 e. The van der Waals surface area contributed by atoms with Gasteiger partial charge in [-0.1, -0.05) is 26.3 Å².